The van der Waals surface area contributed by atoms with Crippen LogP contribution < -0.4 is 5.32 Å². The molecule has 146 valence electrons. The quantitative estimate of drug-likeness (QED) is 0.781. The normalized spacial score (nSPS) is 21.0. The minimum atomic E-state index is -0.150. The summed E-state index contributed by atoms with van der Waals surface area (Å²) in [6.45, 7) is 10.3. The van der Waals surface area contributed by atoms with E-state index in [1.807, 2.05) is 13.8 Å². The first-order valence-electron chi connectivity index (χ1n) is 10.3. The molecule has 0 unspecified atom stereocenters. The summed E-state index contributed by atoms with van der Waals surface area (Å²) in [6.07, 6.45) is 10.2. The fraction of sp³-hybridized carbons (Fsp3) is 0.842. The third-order valence-electron chi connectivity index (χ3n) is 5.58. The van der Waals surface area contributed by atoms with Gasteiger partial charge in [-0.1, -0.05) is 30.9 Å². The highest BCUT2D eigenvalue weighted by Gasteiger charge is 2.24. The Hall–Kier alpha value is -1.47. The molecule has 2 fully saturated rings. The Labute approximate surface area is 157 Å². The standard InChI is InChI=1S/C19H34N6O/c1-16(2)20-19(26)18-15-25(22-21-18)14-11-23-9-12-24(13-10-23)17-7-5-3-4-6-8-17/h15-17H,3-14H2,1-2H3,(H,20,26). The molecule has 0 atom stereocenters. The van der Waals surface area contributed by atoms with Crippen LogP contribution in [0.4, 0.5) is 0 Å². The van der Waals surface area contributed by atoms with E-state index < -0.39 is 0 Å². The van der Waals surface area contributed by atoms with Crippen LogP contribution in [0, 0.1) is 0 Å². The molecule has 7 nitrogen and oxygen atoms in total. The number of carbonyl (C=O) groups excluding carboxylic acids is 1. The summed E-state index contributed by atoms with van der Waals surface area (Å²) in [5, 5.41) is 10.9. The van der Waals surface area contributed by atoms with Gasteiger partial charge < -0.3 is 5.32 Å². The number of aromatic nitrogens is 3. The lowest BCUT2D eigenvalue weighted by Crippen LogP contribution is -2.50. The smallest absolute Gasteiger partial charge is 0.273 e. The van der Waals surface area contributed by atoms with Gasteiger partial charge >= 0.3 is 0 Å². The summed E-state index contributed by atoms with van der Waals surface area (Å²) < 4.78 is 1.78. The second-order valence-electron chi connectivity index (χ2n) is 8.02. The fourth-order valence-corrected chi connectivity index (χ4v) is 4.07. The van der Waals surface area contributed by atoms with Crippen LogP contribution in [0.5, 0.6) is 0 Å². The summed E-state index contributed by atoms with van der Waals surface area (Å²) in [4.78, 5) is 17.2. The van der Waals surface area contributed by atoms with Crippen LogP contribution in [0.15, 0.2) is 6.20 Å². The van der Waals surface area contributed by atoms with Crippen molar-refractivity contribution in [3.8, 4) is 0 Å². The van der Waals surface area contributed by atoms with Gasteiger partial charge in [-0.25, -0.2) is 0 Å². The molecular formula is C19H34N6O. The second kappa shape index (κ2) is 9.46. The monoisotopic (exact) mass is 362 g/mol. The number of rotatable bonds is 6. The molecule has 0 radical (unpaired) electrons. The molecule has 0 spiro atoms. The van der Waals surface area contributed by atoms with Crippen molar-refractivity contribution in [1.82, 2.24) is 30.1 Å². The predicted octanol–water partition coefficient (Wildman–Crippen LogP) is 1.76. The van der Waals surface area contributed by atoms with Crippen LogP contribution in [0.1, 0.15) is 62.9 Å². The Kier molecular flexibility index (Phi) is 7.02. The molecule has 2 heterocycles. The van der Waals surface area contributed by atoms with Crippen LogP contribution in [0.3, 0.4) is 0 Å². The molecule has 0 aromatic carbocycles. The molecule has 1 aliphatic carbocycles. The maximum Gasteiger partial charge on any atom is 0.273 e. The predicted molar refractivity (Wildman–Crippen MR) is 102 cm³/mol. The van der Waals surface area contributed by atoms with E-state index in [1.54, 1.807) is 10.9 Å². The number of piperazine rings is 1. The first kappa shape index (κ1) is 19.3. The fourth-order valence-electron chi connectivity index (χ4n) is 4.07. The zero-order valence-electron chi connectivity index (χ0n) is 16.4. The van der Waals surface area contributed by atoms with Gasteiger partial charge in [-0.3, -0.25) is 19.3 Å². The molecular weight excluding hydrogens is 328 g/mol. The summed E-state index contributed by atoms with van der Waals surface area (Å²) in [5.41, 5.74) is 0.400. The van der Waals surface area contributed by atoms with Crippen LogP contribution in [-0.2, 0) is 6.54 Å². The minimum absolute atomic E-state index is 0.109. The van der Waals surface area contributed by atoms with Crippen molar-refractivity contribution in [2.45, 2.75) is 71.0 Å². The zero-order valence-corrected chi connectivity index (χ0v) is 16.4. The average Bonchev–Trinajstić information content (AvgIpc) is 2.94. The van der Waals surface area contributed by atoms with E-state index >= 15 is 0 Å². The SMILES string of the molecule is CC(C)NC(=O)c1cn(CCN2CCN(C3CCCCCC3)CC2)nn1. The third-order valence-corrected chi connectivity index (χ3v) is 5.58. The van der Waals surface area contributed by atoms with E-state index in [1.165, 1.54) is 51.6 Å². The second-order valence-corrected chi connectivity index (χ2v) is 8.02. The molecule has 1 aromatic rings. The third kappa shape index (κ3) is 5.51. The number of nitrogens with one attached hydrogen (secondary N) is 1. The Bertz CT molecular complexity index is 556. The van der Waals surface area contributed by atoms with Gasteiger partial charge in [-0.15, -0.1) is 5.10 Å². The average molecular weight is 363 g/mol. The van der Waals surface area contributed by atoms with Crippen LogP contribution >= 0.6 is 0 Å². The van der Waals surface area contributed by atoms with Gasteiger partial charge in [-0.05, 0) is 26.7 Å². The Morgan fingerprint density at radius 2 is 1.81 bits per heavy atom. The molecule has 1 aromatic heterocycles. The zero-order chi connectivity index (χ0) is 18.4. The van der Waals surface area contributed by atoms with Gasteiger partial charge in [0.05, 0.1) is 12.7 Å². The van der Waals surface area contributed by atoms with Crippen molar-refractivity contribution in [2.24, 2.45) is 0 Å². The summed E-state index contributed by atoms with van der Waals surface area (Å²) in [5.74, 6) is -0.150. The molecule has 0 bridgehead atoms. The number of carbonyl (C=O) groups is 1. The van der Waals surface area contributed by atoms with E-state index in [9.17, 15) is 4.79 Å². The van der Waals surface area contributed by atoms with E-state index in [0.717, 1.165) is 32.2 Å². The molecule has 2 aliphatic rings. The van der Waals surface area contributed by atoms with E-state index in [4.69, 9.17) is 0 Å². The van der Waals surface area contributed by atoms with Crippen LogP contribution in [0.2, 0.25) is 0 Å². The van der Waals surface area contributed by atoms with Gasteiger partial charge in [0.1, 0.15) is 0 Å². The molecule has 1 N–H and O–H groups in total. The Morgan fingerprint density at radius 1 is 1.12 bits per heavy atom. The highest BCUT2D eigenvalue weighted by Crippen LogP contribution is 2.22. The molecule has 1 amide bonds. The Balaban J connectivity index is 1.40. The number of hydrogen-bond donors (Lipinski definition) is 1. The Morgan fingerprint density at radius 3 is 2.46 bits per heavy atom. The molecule has 3 rings (SSSR count). The van der Waals surface area contributed by atoms with Gasteiger partial charge in [0.25, 0.3) is 5.91 Å². The highest BCUT2D eigenvalue weighted by atomic mass is 16.2. The summed E-state index contributed by atoms with van der Waals surface area (Å²) in [7, 11) is 0. The molecule has 1 aliphatic heterocycles. The van der Waals surface area contributed by atoms with Crippen molar-refractivity contribution in [2.75, 3.05) is 32.7 Å². The first-order chi connectivity index (χ1) is 12.6. The van der Waals surface area contributed by atoms with Crippen molar-refractivity contribution < 1.29 is 4.79 Å². The van der Waals surface area contributed by atoms with Gasteiger partial charge in [0.2, 0.25) is 0 Å². The molecule has 26 heavy (non-hydrogen) atoms. The maximum atomic E-state index is 11.9. The van der Waals surface area contributed by atoms with Crippen molar-refractivity contribution in [3.05, 3.63) is 11.9 Å². The lowest BCUT2D eigenvalue weighted by atomic mass is 10.1. The largest absolute Gasteiger partial charge is 0.348 e. The lowest BCUT2D eigenvalue weighted by Gasteiger charge is -2.39. The van der Waals surface area contributed by atoms with Crippen molar-refractivity contribution in [1.29, 1.82) is 0 Å². The summed E-state index contributed by atoms with van der Waals surface area (Å²) in [6, 6.07) is 0.925. The van der Waals surface area contributed by atoms with E-state index in [2.05, 4.69) is 25.4 Å². The molecule has 1 saturated carbocycles. The van der Waals surface area contributed by atoms with Crippen LogP contribution in [-0.4, -0.2) is 75.5 Å². The van der Waals surface area contributed by atoms with Gasteiger partial charge in [0, 0.05) is 44.8 Å². The summed E-state index contributed by atoms with van der Waals surface area (Å²) >= 11 is 0. The van der Waals surface area contributed by atoms with Crippen molar-refractivity contribution in [3.63, 3.8) is 0 Å². The molecule has 7 heteroatoms. The van der Waals surface area contributed by atoms with Crippen LogP contribution in [0.25, 0.3) is 0 Å². The number of hydrogen-bond acceptors (Lipinski definition) is 5. The maximum absolute atomic E-state index is 11.9. The van der Waals surface area contributed by atoms with E-state index in [-0.39, 0.29) is 11.9 Å². The lowest BCUT2D eigenvalue weighted by molar-refractivity contribution is 0.0864. The number of nitrogens with zero attached hydrogens (tertiary/aromatic N) is 5. The topological polar surface area (TPSA) is 66.3 Å². The highest BCUT2D eigenvalue weighted by molar-refractivity contribution is 5.91. The van der Waals surface area contributed by atoms with Gasteiger partial charge in [0.15, 0.2) is 5.69 Å². The van der Waals surface area contributed by atoms with E-state index in [0.29, 0.717) is 5.69 Å². The minimum Gasteiger partial charge on any atom is -0.348 e. The van der Waals surface area contributed by atoms with Gasteiger partial charge in [-0.2, -0.15) is 0 Å². The van der Waals surface area contributed by atoms with Crippen molar-refractivity contribution >= 4 is 5.91 Å². The first-order valence-corrected chi connectivity index (χ1v) is 10.3. The molecule has 1 saturated heterocycles. The number of amides is 1.